The van der Waals surface area contributed by atoms with Crippen LogP contribution in [0.5, 0.6) is 0 Å². The van der Waals surface area contributed by atoms with E-state index in [1.165, 1.54) is 11.3 Å². The van der Waals surface area contributed by atoms with Crippen molar-refractivity contribution in [1.82, 2.24) is 9.80 Å². The van der Waals surface area contributed by atoms with Crippen LogP contribution < -0.4 is 0 Å². The molecule has 1 aromatic heterocycles. The molecule has 1 saturated heterocycles. The molecule has 2 heterocycles. The second-order valence-corrected chi connectivity index (χ2v) is 7.26. The Hall–Kier alpha value is -2.02. The standard InChI is InChI=1S/C16H18N2O4S/c1-10-7-8-13(23-10)12(19)9-17-14(20)15(21)18(16(17)22)11-5-3-2-4-6-11/h7-8,11H,2-6,9H2,1H3. The van der Waals surface area contributed by atoms with Crippen molar-refractivity contribution >= 4 is 35.0 Å². The van der Waals surface area contributed by atoms with Crippen LogP contribution in [0.2, 0.25) is 0 Å². The smallest absolute Gasteiger partial charge is 0.291 e. The molecular weight excluding hydrogens is 316 g/mol. The fraction of sp³-hybridized carbons (Fsp3) is 0.500. The molecular formula is C16H18N2O4S. The monoisotopic (exact) mass is 334 g/mol. The Morgan fingerprint density at radius 3 is 2.43 bits per heavy atom. The number of urea groups is 1. The molecule has 0 bridgehead atoms. The highest BCUT2D eigenvalue weighted by molar-refractivity contribution is 7.14. The maximum atomic E-state index is 12.5. The minimum Gasteiger partial charge on any atom is -0.291 e. The van der Waals surface area contributed by atoms with E-state index in [4.69, 9.17) is 0 Å². The summed E-state index contributed by atoms with van der Waals surface area (Å²) >= 11 is 1.31. The van der Waals surface area contributed by atoms with E-state index in [9.17, 15) is 19.2 Å². The van der Waals surface area contributed by atoms with Gasteiger partial charge in [0.1, 0.15) is 0 Å². The summed E-state index contributed by atoms with van der Waals surface area (Å²) in [5, 5.41) is 0. The SMILES string of the molecule is Cc1ccc(C(=O)CN2C(=O)C(=O)N(C3CCCCC3)C2=O)s1. The molecule has 1 aromatic rings. The third-order valence-corrected chi connectivity index (χ3v) is 5.38. The predicted octanol–water partition coefficient (Wildman–Crippen LogP) is 2.36. The summed E-state index contributed by atoms with van der Waals surface area (Å²) in [6.07, 6.45) is 4.45. The van der Waals surface area contributed by atoms with Crippen molar-refractivity contribution in [3.8, 4) is 0 Å². The summed E-state index contributed by atoms with van der Waals surface area (Å²) in [6, 6.07) is 2.63. The molecule has 2 aliphatic rings. The van der Waals surface area contributed by atoms with Crippen LogP contribution in [0.4, 0.5) is 4.79 Å². The quantitative estimate of drug-likeness (QED) is 0.481. The summed E-state index contributed by atoms with van der Waals surface area (Å²) in [4.78, 5) is 52.3. The molecule has 0 radical (unpaired) electrons. The average molecular weight is 334 g/mol. The number of ketones is 1. The number of carbonyl (C=O) groups excluding carboxylic acids is 4. The summed E-state index contributed by atoms with van der Waals surface area (Å²) < 4.78 is 0. The minimum atomic E-state index is -0.887. The highest BCUT2D eigenvalue weighted by atomic mass is 32.1. The fourth-order valence-electron chi connectivity index (χ4n) is 3.13. The first-order valence-electron chi connectivity index (χ1n) is 7.77. The van der Waals surface area contributed by atoms with Crippen molar-refractivity contribution in [3.05, 3.63) is 21.9 Å². The van der Waals surface area contributed by atoms with E-state index in [0.29, 0.717) is 4.88 Å². The highest BCUT2D eigenvalue weighted by Gasteiger charge is 2.48. The molecule has 0 atom stereocenters. The first kappa shape index (κ1) is 15.9. The van der Waals surface area contributed by atoms with Crippen molar-refractivity contribution in [2.45, 2.75) is 45.1 Å². The average Bonchev–Trinajstić information content (AvgIpc) is 3.06. The molecule has 1 aliphatic carbocycles. The van der Waals surface area contributed by atoms with Gasteiger partial charge in [-0.15, -0.1) is 11.3 Å². The lowest BCUT2D eigenvalue weighted by molar-refractivity contribution is -0.144. The molecule has 1 aliphatic heterocycles. The van der Waals surface area contributed by atoms with Gasteiger partial charge in [-0.3, -0.25) is 19.3 Å². The zero-order valence-electron chi connectivity index (χ0n) is 12.9. The number of carbonyl (C=O) groups is 4. The zero-order chi connectivity index (χ0) is 16.6. The van der Waals surface area contributed by atoms with E-state index < -0.39 is 17.8 Å². The topological polar surface area (TPSA) is 74.8 Å². The van der Waals surface area contributed by atoms with Gasteiger partial charge in [0.15, 0.2) is 5.78 Å². The molecule has 122 valence electrons. The van der Waals surface area contributed by atoms with E-state index in [0.717, 1.165) is 46.8 Å². The second-order valence-electron chi connectivity index (χ2n) is 5.97. The Kier molecular flexibility index (Phi) is 4.30. The van der Waals surface area contributed by atoms with E-state index in [2.05, 4.69) is 0 Å². The Morgan fingerprint density at radius 1 is 1.13 bits per heavy atom. The van der Waals surface area contributed by atoms with Crippen LogP contribution in [0.3, 0.4) is 0 Å². The van der Waals surface area contributed by atoms with Crippen molar-refractivity contribution in [2.24, 2.45) is 0 Å². The minimum absolute atomic E-state index is 0.211. The molecule has 0 unspecified atom stereocenters. The number of rotatable bonds is 4. The van der Waals surface area contributed by atoms with Crippen LogP contribution in [0.25, 0.3) is 0 Å². The van der Waals surface area contributed by atoms with Gasteiger partial charge >= 0.3 is 17.8 Å². The molecule has 1 saturated carbocycles. The van der Waals surface area contributed by atoms with Gasteiger partial charge in [0.2, 0.25) is 0 Å². The third kappa shape index (κ3) is 2.93. The molecule has 4 amide bonds. The van der Waals surface area contributed by atoms with Gasteiger partial charge in [-0.2, -0.15) is 0 Å². The molecule has 2 fully saturated rings. The first-order chi connectivity index (χ1) is 11.0. The third-order valence-electron chi connectivity index (χ3n) is 4.34. The lowest BCUT2D eigenvalue weighted by Crippen LogP contribution is -2.43. The van der Waals surface area contributed by atoms with Gasteiger partial charge in [-0.1, -0.05) is 19.3 Å². The summed E-state index contributed by atoms with van der Waals surface area (Å²) in [5.74, 6) is -2.00. The van der Waals surface area contributed by atoms with E-state index >= 15 is 0 Å². The summed E-state index contributed by atoms with van der Waals surface area (Å²) in [5.41, 5.74) is 0. The van der Waals surface area contributed by atoms with Crippen LogP contribution in [0.15, 0.2) is 12.1 Å². The normalized spacial score (nSPS) is 19.8. The van der Waals surface area contributed by atoms with Gasteiger partial charge in [-0.05, 0) is 31.9 Å². The molecule has 0 N–H and O–H groups in total. The van der Waals surface area contributed by atoms with Crippen LogP contribution >= 0.6 is 11.3 Å². The lowest BCUT2D eigenvalue weighted by Gasteiger charge is -2.28. The number of amides is 4. The molecule has 0 aromatic carbocycles. The van der Waals surface area contributed by atoms with Crippen LogP contribution in [0, 0.1) is 6.92 Å². The van der Waals surface area contributed by atoms with Crippen molar-refractivity contribution in [2.75, 3.05) is 6.54 Å². The summed E-state index contributed by atoms with van der Waals surface area (Å²) in [7, 11) is 0. The largest absolute Gasteiger partial charge is 0.334 e. The van der Waals surface area contributed by atoms with E-state index in [1.54, 1.807) is 6.07 Å². The number of Topliss-reactive ketones (excluding diaryl/α,β-unsaturated/α-hetero) is 1. The van der Waals surface area contributed by atoms with Crippen molar-refractivity contribution in [1.29, 1.82) is 0 Å². The first-order valence-corrected chi connectivity index (χ1v) is 8.59. The van der Waals surface area contributed by atoms with Crippen molar-refractivity contribution in [3.63, 3.8) is 0 Å². The van der Waals surface area contributed by atoms with Crippen molar-refractivity contribution < 1.29 is 19.2 Å². The molecule has 0 spiro atoms. The fourth-order valence-corrected chi connectivity index (χ4v) is 3.93. The van der Waals surface area contributed by atoms with E-state index in [1.807, 2.05) is 13.0 Å². The molecule has 7 heteroatoms. The molecule has 23 heavy (non-hydrogen) atoms. The van der Waals surface area contributed by atoms with Gasteiger partial charge in [-0.25, -0.2) is 9.69 Å². The van der Waals surface area contributed by atoms with Gasteiger partial charge in [0.05, 0.1) is 11.4 Å². The molecule has 6 nitrogen and oxygen atoms in total. The number of hydrogen-bond donors (Lipinski definition) is 0. The second kappa shape index (κ2) is 6.23. The number of thiophene rings is 1. The Balaban J connectivity index is 1.75. The number of nitrogens with zero attached hydrogens (tertiary/aromatic N) is 2. The van der Waals surface area contributed by atoms with Crippen LogP contribution in [-0.4, -0.2) is 46.0 Å². The van der Waals surface area contributed by atoms with Crippen LogP contribution in [0.1, 0.15) is 46.7 Å². The Bertz CT molecular complexity index is 675. The Morgan fingerprint density at radius 2 is 1.83 bits per heavy atom. The summed E-state index contributed by atoms with van der Waals surface area (Å²) in [6.45, 7) is 1.51. The predicted molar refractivity (Wildman–Crippen MR) is 84.2 cm³/mol. The highest BCUT2D eigenvalue weighted by Crippen LogP contribution is 2.27. The number of hydrogen-bond acceptors (Lipinski definition) is 5. The van der Waals surface area contributed by atoms with Gasteiger partial charge in [0.25, 0.3) is 0 Å². The maximum Gasteiger partial charge on any atom is 0.334 e. The molecule has 3 rings (SSSR count). The van der Waals surface area contributed by atoms with E-state index in [-0.39, 0.29) is 18.4 Å². The van der Waals surface area contributed by atoms with Gasteiger partial charge in [0, 0.05) is 10.9 Å². The number of aryl methyl sites for hydroxylation is 1. The zero-order valence-corrected chi connectivity index (χ0v) is 13.7. The lowest BCUT2D eigenvalue weighted by atomic mass is 9.94. The van der Waals surface area contributed by atoms with Gasteiger partial charge < -0.3 is 0 Å². The van der Waals surface area contributed by atoms with Crippen LogP contribution in [-0.2, 0) is 9.59 Å². The Labute approximate surface area is 138 Å². The maximum absolute atomic E-state index is 12.5. The number of imide groups is 2.